The van der Waals surface area contributed by atoms with Gasteiger partial charge in [0.15, 0.2) is 0 Å². The van der Waals surface area contributed by atoms with Gasteiger partial charge in [-0.05, 0) is 28.8 Å². The maximum absolute atomic E-state index is 12.6. The molecular weight excluding hydrogens is 218 g/mol. The van der Waals surface area contributed by atoms with Crippen LogP contribution in [0.1, 0.15) is 17.6 Å². The third kappa shape index (κ3) is 2.59. The second-order valence-corrected chi connectivity index (χ2v) is 3.76. The highest BCUT2D eigenvalue weighted by Crippen LogP contribution is 2.26. The first-order valence-electron chi connectivity index (χ1n) is 5.31. The van der Waals surface area contributed by atoms with Crippen LogP contribution in [-0.4, -0.2) is 0 Å². The van der Waals surface area contributed by atoms with Crippen LogP contribution in [0.5, 0.6) is 0 Å². The third-order valence-electron chi connectivity index (χ3n) is 2.59. The lowest BCUT2D eigenvalue weighted by Crippen LogP contribution is -1.85. The highest BCUT2D eigenvalue weighted by molar-refractivity contribution is 5.67. The van der Waals surface area contributed by atoms with Gasteiger partial charge in [0.1, 0.15) is 0 Å². The summed E-state index contributed by atoms with van der Waals surface area (Å²) in [6.07, 6.45) is -0.696. The molecule has 0 amide bonds. The largest absolute Gasteiger partial charge is 0.263 e. The monoisotopic (exact) mass is 230 g/mol. The molecule has 0 aliphatic rings. The highest BCUT2D eigenvalue weighted by atomic mass is 19.3. The molecule has 0 aromatic heterocycles. The molecule has 0 saturated carbocycles. The average Bonchev–Trinajstić information content (AvgIpc) is 2.39. The second kappa shape index (κ2) is 4.91. The molecule has 2 rings (SSSR count). The van der Waals surface area contributed by atoms with E-state index in [0.29, 0.717) is 0 Å². The van der Waals surface area contributed by atoms with E-state index in [4.69, 9.17) is 0 Å². The summed E-state index contributed by atoms with van der Waals surface area (Å²) in [5.74, 6) is 0. The van der Waals surface area contributed by atoms with Gasteiger partial charge in [0, 0.05) is 5.56 Å². The highest BCUT2D eigenvalue weighted by Gasteiger charge is 2.07. The maximum atomic E-state index is 12.6. The Morgan fingerprint density at radius 3 is 2.24 bits per heavy atom. The van der Waals surface area contributed by atoms with Gasteiger partial charge in [0.25, 0.3) is 6.43 Å². The van der Waals surface area contributed by atoms with Crippen LogP contribution in [0, 0.1) is 0 Å². The van der Waals surface area contributed by atoms with Crippen molar-refractivity contribution in [1.82, 2.24) is 0 Å². The molecule has 0 saturated heterocycles. The van der Waals surface area contributed by atoms with Gasteiger partial charge in [-0.1, -0.05) is 49.1 Å². The van der Waals surface area contributed by atoms with Crippen LogP contribution in [0.3, 0.4) is 0 Å². The number of benzene rings is 2. The van der Waals surface area contributed by atoms with Gasteiger partial charge in [0.05, 0.1) is 0 Å². The molecule has 0 radical (unpaired) electrons. The number of alkyl halides is 2. The first-order valence-corrected chi connectivity index (χ1v) is 5.31. The molecule has 0 spiro atoms. The molecule has 0 bridgehead atoms. The van der Waals surface area contributed by atoms with Crippen molar-refractivity contribution in [2.75, 3.05) is 0 Å². The minimum Gasteiger partial charge on any atom is -0.205 e. The summed E-state index contributed by atoms with van der Waals surface area (Å²) in [5, 5.41) is 0. The van der Waals surface area contributed by atoms with Crippen molar-refractivity contribution in [2.24, 2.45) is 0 Å². The number of hydrogen-bond acceptors (Lipinski definition) is 0. The zero-order chi connectivity index (χ0) is 12.3. The Morgan fingerprint density at radius 2 is 1.59 bits per heavy atom. The summed E-state index contributed by atoms with van der Waals surface area (Å²) in [6, 6.07) is 14.1. The SMILES string of the molecule is C=Cc1cccc(-c2cccc(C(F)F)c2)c1. The summed E-state index contributed by atoms with van der Waals surface area (Å²) < 4.78 is 25.2. The van der Waals surface area contributed by atoms with Gasteiger partial charge in [0.2, 0.25) is 0 Å². The molecule has 0 heterocycles. The molecular formula is C15H12F2. The lowest BCUT2D eigenvalue weighted by molar-refractivity contribution is 0.151. The van der Waals surface area contributed by atoms with E-state index in [1.54, 1.807) is 12.1 Å². The van der Waals surface area contributed by atoms with E-state index in [1.807, 2.05) is 30.3 Å². The molecule has 0 nitrogen and oxygen atoms in total. The van der Waals surface area contributed by atoms with E-state index in [-0.39, 0.29) is 5.56 Å². The molecule has 86 valence electrons. The zero-order valence-electron chi connectivity index (χ0n) is 9.24. The lowest BCUT2D eigenvalue weighted by atomic mass is 10.0. The van der Waals surface area contributed by atoms with E-state index < -0.39 is 6.43 Å². The molecule has 0 N–H and O–H groups in total. The van der Waals surface area contributed by atoms with Crippen molar-refractivity contribution < 1.29 is 8.78 Å². The summed E-state index contributed by atoms with van der Waals surface area (Å²) in [4.78, 5) is 0. The predicted octanol–water partition coefficient (Wildman–Crippen LogP) is 4.93. The normalized spacial score (nSPS) is 10.5. The molecule has 0 atom stereocenters. The van der Waals surface area contributed by atoms with Crippen molar-refractivity contribution in [3.8, 4) is 11.1 Å². The lowest BCUT2D eigenvalue weighted by Gasteiger charge is -2.05. The molecule has 2 heteroatoms. The third-order valence-corrected chi connectivity index (χ3v) is 2.59. The predicted molar refractivity (Wildman–Crippen MR) is 66.9 cm³/mol. The van der Waals surface area contributed by atoms with Crippen molar-refractivity contribution >= 4 is 6.08 Å². The van der Waals surface area contributed by atoms with Crippen LogP contribution in [-0.2, 0) is 0 Å². The van der Waals surface area contributed by atoms with E-state index in [9.17, 15) is 8.78 Å². The Labute approximate surface area is 99.2 Å². The molecule has 2 aromatic rings. The number of rotatable bonds is 3. The molecule has 0 aliphatic heterocycles. The Hall–Kier alpha value is -1.96. The smallest absolute Gasteiger partial charge is 0.205 e. The van der Waals surface area contributed by atoms with Crippen LogP contribution in [0.25, 0.3) is 17.2 Å². The van der Waals surface area contributed by atoms with E-state index >= 15 is 0 Å². The van der Waals surface area contributed by atoms with E-state index in [2.05, 4.69) is 6.58 Å². The van der Waals surface area contributed by atoms with Crippen LogP contribution >= 0.6 is 0 Å². The number of hydrogen-bond donors (Lipinski definition) is 0. The fraction of sp³-hybridized carbons (Fsp3) is 0.0667. The van der Waals surface area contributed by atoms with Crippen molar-refractivity contribution in [3.05, 3.63) is 66.2 Å². The molecule has 2 aromatic carbocycles. The summed E-state index contributed by atoms with van der Waals surface area (Å²) in [7, 11) is 0. The topological polar surface area (TPSA) is 0 Å². The first-order chi connectivity index (χ1) is 8.20. The Kier molecular flexibility index (Phi) is 3.33. The van der Waals surface area contributed by atoms with Gasteiger partial charge < -0.3 is 0 Å². The van der Waals surface area contributed by atoms with Crippen molar-refractivity contribution in [2.45, 2.75) is 6.43 Å². The van der Waals surface area contributed by atoms with Gasteiger partial charge >= 0.3 is 0 Å². The quantitative estimate of drug-likeness (QED) is 0.701. The summed E-state index contributed by atoms with van der Waals surface area (Å²) >= 11 is 0. The Morgan fingerprint density at radius 1 is 0.941 bits per heavy atom. The average molecular weight is 230 g/mol. The van der Waals surface area contributed by atoms with Crippen LogP contribution in [0.2, 0.25) is 0 Å². The summed E-state index contributed by atoms with van der Waals surface area (Å²) in [5.41, 5.74) is 2.74. The van der Waals surface area contributed by atoms with Gasteiger partial charge in [-0.2, -0.15) is 0 Å². The minimum absolute atomic E-state index is 0.0477. The fourth-order valence-corrected chi connectivity index (χ4v) is 1.70. The molecule has 0 aliphatic carbocycles. The Balaban J connectivity index is 2.45. The molecule has 17 heavy (non-hydrogen) atoms. The Bertz CT molecular complexity index is 530. The van der Waals surface area contributed by atoms with Gasteiger partial charge in [-0.15, -0.1) is 0 Å². The number of halogens is 2. The maximum Gasteiger partial charge on any atom is 0.263 e. The van der Waals surface area contributed by atoms with E-state index in [0.717, 1.165) is 16.7 Å². The van der Waals surface area contributed by atoms with Crippen LogP contribution in [0.4, 0.5) is 8.78 Å². The van der Waals surface area contributed by atoms with Crippen LogP contribution in [0.15, 0.2) is 55.1 Å². The zero-order valence-corrected chi connectivity index (χ0v) is 9.24. The van der Waals surface area contributed by atoms with Crippen molar-refractivity contribution in [1.29, 1.82) is 0 Å². The summed E-state index contributed by atoms with van der Waals surface area (Å²) in [6.45, 7) is 3.69. The second-order valence-electron chi connectivity index (χ2n) is 3.76. The van der Waals surface area contributed by atoms with E-state index in [1.165, 1.54) is 12.1 Å². The van der Waals surface area contributed by atoms with Crippen LogP contribution < -0.4 is 0 Å². The molecule has 0 fully saturated rings. The van der Waals surface area contributed by atoms with Gasteiger partial charge in [-0.3, -0.25) is 0 Å². The van der Waals surface area contributed by atoms with Crippen molar-refractivity contribution in [3.63, 3.8) is 0 Å². The van der Waals surface area contributed by atoms with Gasteiger partial charge in [-0.25, -0.2) is 8.78 Å². The standard InChI is InChI=1S/C15H12F2/c1-2-11-5-3-6-12(9-11)13-7-4-8-14(10-13)15(16)17/h2-10,15H,1H2. The molecule has 0 unspecified atom stereocenters. The minimum atomic E-state index is -2.43. The fourth-order valence-electron chi connectivity index (χ4n) is 1.70. The first kappa shape index (κ1) is 11.5.